The van der Waals surface area contributed by atoms with Crippen molar-refractivity contribution < 1.29 is 0 Å². The molecular weight excluding hydrogens is 258 g/mol. The molecule has 112 valence electrons. The third kappa shape index (κ3) is 3.82. The molecule has 0 aliphatic carbocycles. The third-order valence-corrected chi connectivity index (χ3v) is 3.62. The molecule has 21 heavy (non-hydrogen) atoms. The van der Waals surface area contributed by atoms with E-state index in [4.69, 9.17) is 0 Å². The van der Waals surface area contributed by atoms with Crippen LogP contribution in [0.4, 0.5) is 11.4 Å². The van der Waals surface area contributed by atoms with E-state index in [0.717, 1.165) is 25.3 Å². The fraction of sp³-hybridized carbons (Fsp3) is 0.389. The molecule has 0 saturated heterocycles. The zero-order chi connectivity index (χ0) is 15.2. The first-order valence-corrected chi connectivity index (χ1v) is 7.66. The van der Waals surface area contributed by atoms with Crippen LogP contribution in [0.2, 0.25) is 0 Å². The summed E-state index contributed by atoms with van der Waals surface area (Å²) in [5, 5.41) is 3.40. The Morgan fingerprint density at radius 2 is 1.81 bits per heavy atom. The summed E-state index contributed by atoms with van der Waals surface area (Å²) >= 11 is 0. The van der Waals surface area contributed by atoms with E-state index >= 15 is 0 Å². The van der Waals surface area contributed by atoms with Crippen LogP contribution in [0.1, 0.15) is 30.7 Å². The van der Waals surface area contributed by atoms with Crippen molar-refractivity contribution in [2.24, 2.45) is 0 Å². The molecule has 0 atom stereocenters. The first-order chi connectivity index (χ1) is 10.2. The molecule has 0 aliphatic rings. The van der Waals surface area contributed by atoms with Crippen LogP contribution in [0.25, 0.3) is 0 Å². The molecule has 0 spiro atoms. The highest BCUT2D eigenvalue weighted by molar-refractivity contribution is 5.66. The standard InChI is InChI=1S/C18H25N3/c1-5-19-12-16-13-20-15(4)11-18(16)21(6-2)17-9-7-14(3)8-10-17/h7-11,13,19H,5-6,12H2,1-4H3. The van der Waals surface area contributed by atoms with Crippen LogP contribution < -0.4 is 10.2 Å². The van der Waals surface area contributed by atoms with Gasteiger partial charge in [-0.1, -0.05) is 24.6 Å². The monoisotopic (exact) mass is 283 g/mol. The highest BCUT2D eigenvalue weighted by atomic mass is 15.1. The minimum absolute atomic E-state index is 0.849. The van der Waals surface area contributed by atoms with E-state index in [9.17, 15) is 0 Å². The first kappa shape index (κ1) is 15.5. The molecule has 0 saturated carbocycles. The minimum atomic E-state index is 0.849. The average Bonchev–Trinajstić information content (AvgIpc) is 2.49. The molecule has 2 aromatic rings. The van der Waals surface area contributed by atoms with Crippen LogP contribution in [-0.4, -0.2) is 18.1 Å². The number of benzene rings is 1. The zero-order valence-electron chi connectivity index (χ0n) is 13.5. The first-order valence-electron chi connectivity index (χ1n) is 7.66. The fourth-order valence-electron chi connectivity index (χ4n) is 2.44. The van der Waals surface area contributed by atoms with E-state index in [-0.39, 0.29) is 0 Å². The van der Waals surface area contributed by atoms with Gasteiger partial charge in [0, 0.05) is 41.9 Å². The predicted octanol–water partition coefficient (Wildman–Crippen LogP) is 3.97. The maximum Gasteiger partial charge on any atom is 0.0489 e. The topological polar surface area (TPSA) is 28.2 Å². The van der Waals surface area contributed by atoms with Crippen molar-refractivity contribution in [2.75, 3.05) is 18.0 Å². The van der Waals surface area contributed by atoms with Crippen molar-refractivity contribution in [1.82, 2.24) is 10.3 Å². The molecule has 3 nitrogen and oxygen atoms in total. The van der Waals surface area contributed by atoms with Gasteiger partial charge in [0.15, 0.2) is 0 Å². The van der Waals surface area contributed by atoms with E-state index in [1.54, 1.807) is 0 Å². The van der Waals surface area contributed by atoms with Gasteiger partial charge in [-0.15, -0.1) is 0 Å². The van der Waals surface area contributed by atoms with E-state index in [0.29, 0.717) is 0 Å². The summed E-state index contributed by atoms with van der Waals surface area (Å²) in [6, 6.07) is 10.9. The van der Waals surface area contributed by atoms with Crippen molar-refractivity contribution in [3.63, 3.8) is 0 Å². The van der Waals surface area contributed by atoms with Gasteiger partial charge in [0.05, 0.1) is 0 Å². The molecule has 0 bridgehead atoms. The minimum Gasteiger partial charge on any atom is -0.341 e. The van der Waals surface area contributed by atoms with E-state index < -0.39 is 0 Å². The number of pyridine rings is 1. The number of hydrogen-bond acceptors (Lipinski definition) is 3. The van der Waals surface area contributed by atoms with Crippen molar-refractivity contribution in [1.29, 1.82) is 0 Å². The normalized spacial score (nSPS) is 10.7. The van der Waals surface area contributed by atoms with Gasteiger partial charge in [0.25, 0.3) is 0 Å². The SMILES string of the molecule is CCNCc1cnc(C)cc1N(CC)c1ccc(C)cc1. The second-order valence-corrected chi connectivity index (χ2v) is 5.31. The van der Waals surface area contributed by atoms with Gasteiger partial charge in [-0.2, -0.15) is 0 Å². The molecule has 0 unspecified atom stereocenters. The summed E-state index contributed by atoms with van der Waals surface area (Å²) in [6.45, 7) is 11.2. The average molecular weight is 283 g/mol. The van der Waals surface area contributed by atoms with E-state index in [1.165, 1.54) is 22.5 Å². The zero-order valence-corrected chi connectivity index (χ0v) is 13.5. The lowest BCUT2D eigenvalue weighted by Crippen LogP contribution is -2.21. The Balaban J connectivity index is 2.40. The molecule has 0 aliphatic heterocycles. The summed E-state index contributed by atoms with van der Waals surface area (Å²) in [6.07, 6.45) is 1.99. The second-order valence-electron chi connectivity index (χ2n) is 5.31. The summed E-state index contributed by atoms with van der Waals surface area (Å²) in [7, 11) is 0. The van der Waals surface area contributed by atoms with Crippen LogP contribution in [0.5, 0.6) is 0 Å². The van der Waals surface area contributed by atoms with Gasteiger partial charge in [-0.05, 0) is 45.5 Å². The number of nitrogens with one attached hydrogen (secondary N) is 1. The van der Waals surface area contributed by atoms with Gasteiger partial charge in [0.1, 0.15) is 0 Å². The quantitative estimate of drug-likeness (QED) is 0.869. The van der Waals surface area contributed by atoms with Crippen molar-refractivity contribution in [2.45, 2.75) is 34.2 Å². The van der Waals surface area contributed by atoms with E-state index in [2.05, 4.69) is 66.3 Å². The van der Waals surface area contributed by atoms with Crippen LogP contribution in [0.3, 0.4) is 0 Å². The van der Waals surface area contributed by atoms with E-state index in [1.807, 2.05) is 13.1 Å². The van der Waals surface area contributed by atoms with Gasteiger partial charge < -0.3 is 10.2 Å². The number of hydrogen-bond donors (Lipinski definition) is 1. The third-order valence-electron chi connectivity index (χ3n) is 3.62. The summed E-state index contributed by atoms with van der Waals surface area (Å²) in [5.74, 6) is 0. The molecule has 0 amide bonds. The Morgan fingerprint density at radius 3 is 2.43 bits per heavy atom. The lowest BCUT2D eigenvalue weighted by atomic mass is 10.1. The smallest absolute Gasteiger partial charge is 0.0489 e. The molecule has 1 N–H and O–H groups in total. The van der Waals surface area contributed by atoms with Gasteiger partial charge in [-0.3, -0.25) is 4.98 Å². The Hall–Kier alpha value is -1.87. The molecule has 0 radical (unpaired) electrons. The lowest BCUT2D eigenvalue weighted by Gasteiger charge is -2.26. The second kappa shape index (κ2) is 7.23. The van der Waals surface area contributed by atoms with Gasteiger partial charge >= 0.3 is 0 Å². The Bertz CT molecular complexity index is 576. The molecule has 1 aromatic carbocycles. The highest BCUT2D eigenvalue weighted by Crippen LogP contribution is 2.29. The van der Waals surface area contributed by atoms with Crippen LogP contribution >= 0.6 is 0 Å². The van der Waals surface area contributed by atoms with Gasteiger partial charge in [0.2, 0.25) is 0 Å². The Labute approximate surface area is 128 Å². The summed E-state index contributed by atoms with van der Waals surface area (Å²) in [4.78, 5) is 6.80. The summed E-state index contributed by atoms with van der Waals surface area (Å²) in [5.41, 5.74) is 6.05. The van der Waals surface area contributed by atoms with Crippen LogP contribution in [-0.2, 0) is 6.54 Å². The van der Waals surface area contributed by atoms with Crippen molar-refractivity contribution >= 4 is 11.4 Å². The number of nitrogens with zero attached hydrogens (tertiary/aromatic N) is 2. The lowest BCUT2D eigenvalue weighted by molar-refractivity contribution is 0.722. The fourth-order valence-corrected chi connectivity index (χ4v) is 2.44. The molecule has 2 rings (SSSR count). The maximum atomic E-state index is 4.45. The molecular formula is C18H25N3. The van der Waals surface area contributed by atoms with Crippen molar-refractivity contribution in [3.05, 3.63) is 53.3 Å². The van der Waals surface area contributed by atoms with Crippen LogP contribution in [0.15, 0.2) is 36.5 Å². The highest BCUT2D eigenvalue weighted by Gasteiger charge is 2.12. The maximum absolute atomic E-state index is 4.45. The number of aromatic nitrogens is 1. The number of anilines is 2. The van der Waals surface area contributed by atoms with Crippen LogP contribution in [0, 0.1) is 13.8 Å². The Morgan fingerprint density at radius 1 is 1.10 bits per heavy atom. The molecule has 1 aromatic heterocycles. The van der Waals surface area contributed by atoms with Crippen molar-refractivity contribution in [3.8, 4) is 0 Å². The molecule has 0 fully saturated rings. The van der Waals surface area contributed by atoms with Gasteiger partial charge in [-0.25, -0.2) is 0 Å². The molecule has 1 heterocycles. The summed E-state index contributed by atoms with van der Waals surface area (Å²) < 4.78 is 0. The largest absolute Gasteiger partial charge is 0.341 e. The Kier molecular flexibility index (Phi) is 5.34. The molecule has 3 heteroatoms. The number of aryl methyl sites for hydroxylation is 2. The number of rotatable bonds is 6. The predicted molar refractivity (Wildman–Crippen MR) is 90.2 cm³/mol.